The molecule has 6 heteroatoms. The molecule has 0 saturated heterocycles. The molecule has 3 N–H and O–H groups in total. The Morgan fingerprint density at radius 1 is 1.06 bits per heavy atom. The number of aromatic nitrogens is 1. The third-order valence-electron chi connectivity index (χ3n) is 7.10. The molecule has 1 aromatic heterocycles. The first-order chi connectivity index (χ1) is 17.1. The van der Waals surface area contributed by atoms with Crippen LogP contribution >= 0.6 is 0 Å². The maximum atomic E-state index is 11.3. The Morgan fingerprint density at radius 3 is 2.31 bits per heavy atom. The van der Waals surface area contributed by atoms with Gasteiger partial charge in [-0.15, -0.1) is 0 Å². The highest BCUT2D eigenvalue weighted by Crippen LogP contribution is 2.42. The van der Waals surface area contributed by atoms with Gasteiger partial charge in [-0.1, -0.05) is 70.2 Å². The fourth-order valence-electron chi connectivity index (χ4n) is 5.04. The van der Waals surface area contributed by atoms with Crippen molar-refractivity contribution in [3.63, 3.8) is 0 Å². The molecule has 3 aromatic rings. The highest BCUT2D eigenvalue weighted by atomic mass is 16.5. The Labute approximate surface area is 213 Å². The number of aromatic amines is 1. The van der Waals surface area contributed by atoms with Gasteiger partial charge in [-0.3, -0.25) is 9.59 Å². The van der Waals surface area contributed by atoms with E-state index in [9.17, 15) is 14.7 Å². The van der Waals surface area contributed by atoms with Crippen LogP contribution in [0.4, 0.5) is 0 Å². The Bertz CT molecular complexity index is 1190. The quantitative estimate of drug-likeness (QED) is 0.335. The second-order valence-corrected chi connectivity index (χ2v) is 10.1. The Hall–Kier alpha value is -3.12. The lowest BCUT2D eigenvalue weighted by atomic mass is 9.86. The third kappa shape index (κ3) is 5.98. The molecule has 6 nitrogen and oxygen atoms in total. The molecule has 194 valence electrons. The van der Waals surface area contributed by atoms with Crippen LogP contribution in [0, 0.1) is 5.92 Å². The van der Waals surface area contributed by atoms with Crippen molar-refractivity contribution >= 4 is 22.8 Å². The number of fused-ring (bicyclic) bond motifs is 3. The van der Waals surface area contributed by atoms with E-state index in [1.807, 2.05) is 31.2 Å². The number of carboxylic acids is 2. The summed E-state index contributed by atoms with van der Waals surface area (Å²) in [5.74, 6) is -1.38. The summed E-state index contributed by atoms with van der Waals surface area (Å²) in [4.78, 5) is 25.5. The van der Waals surface area contributed by atoms with Crippen molar-refractivity contribution in [1.29, 1.82) is 0 Å². The summed E-state index contributed by atoms with van der Waals surface area (Å²) in [6, 6.07) is 14.2. The summed E-state index contributed by atoms with van der Waals surface area (Å²) >= 11 is 0. The minimum atomic E-state index is -0.820. The smallest absolute Gasteiger partial charge is 0.310 e. The largest absolute Gasteiger partial charge is 0.481 e. The van der Waals surface area contributed by atoms with Crippen LogP contribution < -0.4 is 0 Å². The number of aliphatic carboxylic acids is 2. The highest BCUT2D eigenvalue weighted by molar-refractivity contribution is 5.88. The van der Waals surface area contributed by atoms with Crippen LogP contribution in [0.2, 0.25) is 0 Å². The van der Waals surface area contributed by atoms with Crippen molar-refractivity contribution < 1.29 is 24.5 Å². The van der Waals surface area contributed by atoms with Crippen LogP contribution in [0.5, 0.6) is 0 Å². The number of aryl methyl sites for hydroxylation is 1. The normalized spacial score (nSPS) is 17.8. The number of ether oxygens (including phenoxy) is 1. The maximum absolute atomic E-state index is 11.3. The van der Waals surface area contributed by atoms with Crippen LogP contribution in [0.1, 0.15) is 81.3 Å². The first-order valence-electron chi connectivity index (χ1n) is 12.9. The van der Waals surface area contributed by atoms with Gasteiger partial charge in [-0.2, -0.15) is 0 Å². The number of carbonyl (C=O) groups is 2. The standard InChI is InChI=1S/C17H21NO3.C13H18O2/c1-3-11-6-5-7-12-13-8-9-21-17(4-2,10-14(19)20)16(13)18-15(11)12;1-9(2)8-11-4-6-12(7-5-11)10(3)13(14)15/h5-7,18H,3-4,8-10H2,1-2H3,(H,19,20);4-7,9-10H,8H2,1-3H3,(H,14,15). The van der Waals surface area contributed by atoms with E-state index in [2.05, 4.69) is 44.0 Å². The predicted molar refractivity (Wildman–Crippen MR) is 143 cm³/mol. The van der Waals surface area contributed by atoms with Crippen LogP contribution in [0.25, 0.3) is 10.9 Å². The van der Waals surface area contributed by atoms with Crippen molar-refractivity contribution in [3.8, 4) is 0 Å². The minimum absolute atomic E-state index is 0.00474. The molecular formula is C30H39NO5. The molecule has 2 unspecified atom stereocenters. The zero-order chi connectivity index (χ0) is 26.5. The summed E-state index contributed by atoms with van der Waals surface area (Å²) < 4.78 is 5.94. The van der Waals surface area contributed by atoms with E-state index in [1.165, 1.54) is 22.1 Å². The minimum Gasteiger partial charge on any atom is -0.481 e. The summed E-state index contributed by atoms with van der Waals surface area (Å²) in [5, 5.41) is 19.3. The monoisotopic (exact) mass is 493 g/mol. The van der Waals surface area contributed by atoms with E-state index in [0.717, 1.165) is 36.0 Å². The van der Waals surface area contributed by atoms with Gasteiger partial charge in [0.15, 0.2) is 0 Å². The first kappa shape index (κ1) is 27.5. The number of carboxylic acid groups (broad SMARTS) is 2. The number of nitrogens with one attached hydrogen (secondary N) is 1. The number of hydrogen-bond acceptors (Lipinski definition) is 3. The highest BCUT2D eigenvalue weighted by Gasteiger charge is 2.40. The number of benzene rings is 2. The van der Waals surface area contributed by atoms with Crippen molar-refractivity contribution in [1.82, 2.24) is 4.98 Å². The lowest BCUT2D eigenvalue weighted by Gasteiger charge is -2.35. The van der Waals surface area contributed by atoms with Gasteiger partial charge in [0.2, 0.25) is 0 Å². The molecular weight excluding hydrogens is 454 g/mol. The lowest BCUT2D eigenvalue weighted by Crippen LogP contribution is -2.37. The van der Waals surface area contributed by atoms with Crippen LogP contribution in [-0.2, 0) is 39.2 Å². The number of hydrogen-bond donors (Lipinski definition) is 3. The molecule has 1 aliphatic heterocycles. The van der Waals surface area contributed by atoms with Gasteiger partial charge >= 0.3 is 11.9 Å². The molecule has 2 atom stereocenters. The second kappa shape index (κ2) is 11.7. The van der Waals surface area contributed by atoms with E-state index in [0.29, 0.717) is 18.9 Å². The summed E-state index contributed by atoms with van der Waals surface area (Å²) in [5.41, 5.74) is 6.02. The molecule has 36 heavy (non-hydrogen) atoms. The van der Waals surface area contributed by atoms with E-state index in [-0.39, 0.29) is 6.42 Å². The zero-order valence-corrected chi connectivity index (χ0v) is 22.1. The molecule has 0 fully saturated rings. The molecule has 1 aliphatic rings. The fraction of sp³-hybridized carbons (Fsp3) is 0.467. The maximum Gasteiger partial charge on any atom is 0.310 e. The Morgan fingerprint density at radius 2 is 1.75 bits per heavy atom. The van der Waals surface area contributed by atoms with Crippen molar-refractivity contribution in [2.45, 2.75) is 78.2 Å². The lowest BCUT2D eigenvalue weighted by molar-refractivity contribution is -0.148. The van der Waals surface area contributed by atoms with E-state index >= 15 is 0 Å². The first-order valence-corrected chi connectivity index (χ1v) is 12.9. The van der Waals surface area contributed by atoms with Crippen LogP contribution in [0.3, 0.4) is 0 Å². The number of H-pyrrole nitrogens is 1. The van der Waals surface area contributed by atoms with Gasteiger partial charge in [0.1, 0.15) is 5.60 Å². The van der Waals surface area contributed by atoms with E-state index in [1.54, 1.807) is 6.92 Å². The van der Waals surface area contributed by atoms with Crippen LogP contribution in [0.15, 0.2) is 42.5 Å². The second-order valence-electron chi connectivity index (χ2n) is 10.1. The average Bonchev–Trinajstić information content (AvgIpc) is 3.24. The number of rotatable bonds is 8. The molecule has 0 spiro atoms. The Balaban J connectivity index is 0.000000214. The number of para-hydroxylation sites is 1. The molecule has 0 saturated carbocycles. The van der Waals surface area contributed by atoms with E-state index in [4.69, 9.17) is 9.84 Å². The van der Waals surface area contributed by atoms with Crippen LogP contribution in [-0.4, -0.2) is 33.7 Å². The molecule has 2 aromatic carbocycles. The fourth-order valence-corrected chi connectivity index (χ4v) is 5.04. The van der Waals surface area contributed by atoms with Crippen molar-refractivity contribution in [3.05, 3.63) is 70.4 Å². The Kier molecular flexibility index (Phi) is 8.96. The van der Waals surface area contributed by atoms with Gasteiger partial charge in [-0.05, 0) is 60.8 Å². The van der Waals surface area contributed by atoms with Gasteiger partial charge in [0.05, 0.1) is 24.6 Å². The molecule has 2 heterocycles. The molecule has 0 amide bonds. The topological polar surface area (TPSA) is 99.6 Å². The molecule has 4 rings (SSSR count). The van der Waals surface area contributed by atoms with Crippen molar-refractivity contribution in [2.24, 2.45) is 5.92 Å². The molecule has 0 radical (unpaired) electrons. The summed E-state index contributed by atoms with van der Waals surface area (Å²) in [6.07, 6.45) is 3.49. The molecule has 0 aliphatic carbocycles. The zero-order valence-electron chi connectivity index (χ0n) is 22.1. The predicted octanol–water partition coefficient (Wildman–Crippen LogP) is 6.46. The van der Waals surface area contributed by atoms with Gasteiger partial charge in [-0.25, -0.2) is 0 Å². The van der Waals surface area contributed by atoms with Gasteiger partial charge in [0.25, 0.3) is 0 Å². The van der Waals surface area contributed by atoms with Gasteiger partial charge in [0, 0.05) is 10.9 Å². The average molecular weight is 494 g/mol. The van der Waals surface area contributed by atoms with E-state index < -0.39 is 23.5 Å². The SMILES string of the molecule is CC(C)Cc1ccc(C(C)C(=O)O)cc1.CCc1cccc2c3c([nH]c12)C(CC)(CC(=O)O)OCC3. The van der Waals surface area contributed by atoms with Gasteiger partial charge < -0.3 is 19.9 Å². The summed E-state index contributed by atoms with van der Waals surface area (Å²) in [7, 11) is 0. The summed E-state index contributed by atoms with van der Waals surface area (Å²) in [6.45, 7) is 10.8. The van der Waals surface area contributed by atoms with Crippen molar-refractivity contribution in [2.75, 3.05) is 6.61 Å². The third-order valence-corrected chi connectivity index (χ3v) is 7.10. The molecule has 0 bridgehead atoms.